The first-order chi connectivity index (χ1) is 6.13. The molecule has 0 fully saturated rings. The fraction of sp³-hybridized carbons (Fsp3) is 0.500. The molecular formula is C12H15Cl. The van der Waals surface area contributed by atoms with Crippen LogP contribution in [0.25, 0.3) is 0 Å². The standard InChI is InChI=1S/C12H15Cl/c1-12(2)6-5-10-7-9(8-13)3-4-11(10)12/h3-4,7H,5-6,8H2,1-2H3. The van der Waals surface area contributed by atoms with Crippen molar-refractivity contribution >= 4 is 11.6 Å². The summed E-state index contributed by atoms with van der Waals surface area (Å²) in [6.07, 6.45) is 2.49. The maximum atomic E-state index is 5.80. The van der Waals surface area contributed by atoms with Crippen LogP contribution in [0.5, 0.6) is 0 Å². The second kappa shape index (κ2) is 3.02. The van der Waals surface area contributed by atoms with Gasteiger partial charge in [0, 0.05) is 5.88 Å². The molecule has 0 N–H and O–H groups in total. The van der Waals surface area contributed by atoms with Gasteiger partial charge in [0.15, 0.2) is 0 Å². The summed E-state index contributed by atoms with van der Waals surface area (Å²) in [5.41, 5.74) is 4.64. The SMILES string of the molecule is CC1(C)CCc2cc(CCl)ccc21. The number of hydrogen-bond acceptors (Lipinski definition) is 0. The number of rotatable bonds is 1. The van der Waals surface area contributed by atoms with Crippen molar-refractivity contribution in [1.82, 2.24) is 0 Å². The largest absolute Gasteiger partial charge is 0.122 e. The molecule has 0 unspecified atom stereocenters. The zero-order valence-corrected chi connectivity index (χ0v) is 8.99. The minimum Gasteiger partial charge on any atom is -0.122 e. The summed E-state index contributed by atoms with van der Waals surface area (Å²) in [6, 6.07) is 6.66. The number of hydrogen-bond donors (Lipinski definition) is 0. The highest BCUT2D eigenvalue weighted by atomic mass is 35.5. The number of aryl methyl sites for hydroxylation is 1. The molecular weight excluding hydrogens is 180 g/mol. The van der Waals surface area contributed by atoms with Crippen molar-refractivity contribution in [2.45, 2.75) is 38.0 Å². The lowest BCUT2D eigenvalue weighted by Crippen LogP contribution is -2.11. The summed E-state index contributed by atoms with van der Waals surface area (Å²) in [5.74, 6) is 0.633. The number of alkyl halides is 1. The summed E-state index contributed by atoms with van der Waals surface area (Å²) < 4.78 is 0. The molecule has 70 valence electrons. The predicted octanol–water partition coefficient (Wildman–Crippen LogP) is 3.65. The molecule has 1 aliphatic rings. The Morgan fingerprint density at radius 1 is 1.38 bits per heavy atom. The van der Waals surface area contributed by atoms with Gasteiger partial charge in [-0.15, -0.1) is 11.6 Å². The van der Waals surface area contributed by atoms with Gasteiger partial charge in [-0.05, 0) is 34.9 Å². The second-order valence-corrected chi connectivity index (χ2v) is 4.78. The predicted molar refractivity (Wildman–Crippen MR) is 57.3 cm³/mol. The molecule has 0 spiro atoms. The minimum absolute atomic E-state index is 0.375. The highest BCUT2D eigenvalue weighted by molar-refractivity contribution is 6.17. The lowest BCUT2D eigenvalue weighted by Gasteiger charge is -2.18. The van der Waals surface area contributed by atoms with E-state index in [1.807, 2.05) is 0 Å². The average molecular weight is 195 g/mol. The molecule has 0 aromatic heterocycles. The van der Waals surface area contributed by atoms with Gasteiger partial charge < -0.3 is 0 Å². The molecule has 0 heterocycles. The van der Waals surface area contributed by atoms with Gasteiger partial charge in [0.05, 0.1) is 0 Å². The van der Waals surface area contributed by atoms with Crippen LogP contribution in [0.2, 0.25) is 0 Å². The van der Waals surface area contributed by atoms with Gasteiger partial charge in [0.25, 0.3) is 0 Å². The molecule has 1 aromatic rings. The Morgan fingerprint density at radius 2 is 2.15 bits per heavy atom. The van der Waals surface area contributed by atoms with Crippen molar-refractivity contribution < 1.29 is 0 Å². The zero-order chi connectivity index (χ0) is 9.47. The van der Waals surface area contributed by atoms with E-state index in [4.69, 9.17) is 11.6 Å². The van der Waals surface area contributed by atoms with Crippen molar-refractivity contribution in [2.24, 2.45) is 0 Å². The van der Waals surface area contributed by atoms with Gasteiger partial charge >= 0.3 is 0 Å². The molecule has 0 nitrogen and oxygen atoms in total. The van der Waals surface area contributed by atoms with Gasteiger partial charge in [-0.3, -0.25) is 0 Å². The molecule has 0 amide bonds. The highest BCUT2D eigenvalue weighted by Gasteiger charge is 2.29. The fourth-order valence-electron chi connectivity index (χ4n) is 2.18. The van der Waals surface area contributed by atoms with Crippen molar-refractivity contribution in [2.75, 3.05) is 0 Å². The quantitative estimate of drug-likeness (QED) is 0.599. The molecule has 1 aromatic carbocycles. The van der Waals surface area contributed by atoms with E-state index in [0.717, 1.165) is 0 Å². The smallest absolute Gasteiger partial charge is 0.0474 e. The average Bonchev–Trinajstić information content (AvgIpc) is 2.42. The molecule has 0 radical (unpaired) electrons. The molecule has 1 aliphatic carbocycles. The Labute approximate surface area is 84.9 Å². The minimum atomic E-state index is 0.375. The third kappa shape index (κ3) is 1.48. The first kappa shape index (κ1) is 9.08. The Morgan fingerprint density at radius 3 is 2.85 bits per heavy atom. The molecule has 2 rings (SSSR count). The van der Waals surface area contributed by atoms with Crippen LogP contribution in [0, 0.1) is 0 Å². The monoisotopic (exact) mass is 194 g/mol. The van der Waals surface area contributed by atoms with Crippen LogP contribution in [0.15, 0.2) is 18.2 Å². The number of fused-ring (bicyclic) bond motifs is 1. The van der Waals surface area contributed by atoms with Crippen LogP contribution in [0.3, 0.4) is 0 Å². The first-order valence-corrected chi connectivity index (χ1v) is 5.35. The molecule has 0 atom stereocenters. The van der Waals surface area contributed by atoms with Crippen LogP contribution in [-0.4, -0.2) is 0 Å². The molecule has 0 saturated carbocycles. The van der Waals surface area contributed by atoms with E-state index in [1.165, 1.54) is 29.5 Å². The van der Waals surface area contributed by atoms with Gasteiger partial charge in [0.2, 0.25) is 0 Å². The van der Waals surface area contributed by atoms with Crippen molar-refractivity contribution in [3.05, 3.63) is 34.9 Å². The normalized spacial score (nSPS) is 18.7. The van der Waals surface area contributed by atoms with E-state index < -0.39 is 0 Å². The highest BCUT2D eigenvalue weighted by Crippen LogP contribution is 2.38. The van der Waals surface area contributed by atoms with Gasteiger partial charge in [-0.2, -0.15) is 0 Å². The maximum Gasteiger partial charge on any atom is 0.0474 e. The first-order valence-electron chi connectivity index (χ1n) is 4.82. The van der Waals surface area contributed by atoms with Crippen LogP contribution in [0.1, 0.15) is 37.0 Å². The Kier molecular flexibility index (Phi) is 2.11. The van der Waals surface area contributed by atoms with Crippen molar-refractivity contribution in [3.8, 4) is 0 Å². The van der Waals surface area contributed by atoms with Gasteiger partial charge in [-0.1, -0.05) is 32.0 Å². The third-order valence-electron chi connectivity index (χ3n) is 3.07. The Bertz CT molecular complexity index is 326. The van der Waals surface area contributed by atoms with E-state index >= 15 is 0 Å². The van der Waals surface area contributed by atoms with E-state index in [-0.39, 0.29) is 0 Å². The van der Waals surface area contributed by atoms with Crippen molar-refractivity contribution in [3.63, 3.8) is 0 Å². The molecule has 1 heteroatoms. The lowest BCUT2D eigenvalue weighted by molar-refractivity contribution is 0.522. The molecule has 0 aliphatic heterocycles. The van der Waals surface area contributed by atoms with Crippen LogP contribution in [0.4, 0.5) is 0 Å². The Balaban J connectivity index is 2.46. The fourth-order valence-corrected chi connectivity index (χ4v) is 2.35. The third-order valence-corrected chi connectivity index (χ3v) is 3.38. The lowest BCUT2D eigenvalue weighted by atomic mass is 9.86. The topological polar surface area (TPSA) is 0 Å². The Hall–Kier alpha value is -0.490. The molecule has 0 saturated heterocycles. The molecule has 13 heavy (non-hydrogen) atoms. The molecule has 0 bridgehead atoms. The van der Waals surface area contributed by atoms with Gasteiger partial charge in [-0.25, -0.2) is 0 Å². The van der Waals surface area contributed by atoms with Crippen LogP contribution >= 0.6 is 11.6 Å². The van der Waals surface area contributed by atoms with E-state index in [1.54, 1.807) is 0 Å². The van der Waals surface area contributed by atoms with Crippen molar-refractivity contribution in [1.29, 1.82) is 0 Å². The van der Waals surface area contributed by atoms with E-state index in [9.17, 15) is 0 Å². The maximum absolute atomic E-state index is 5.80. The number of halogens is 1. The number of benzene rings is 1. The zero-order valence-electron chi connectivity index (χ0n) is 8.23. The van der Waals surface area contributed by atoms with Crippen LogP contribution in [-0.2, 0) is 17.7 Å². The van der Waals surface area contributed by atoms with Crippen LogP contribution < -0.4 is 0 Å². The summed E-state index contributed by atoms with van der Waals surface area (Å²) in [7, 11) is 0. The van der Waals surface area contributed by atoms with E-state index in [2.05, 4.69) is 32.0 Å². The summed E-state index contributed by atoms with van der Waals surface area (Å²) in [6.45, 7) is 4.64. The van der Waals surface area contributed by atoms with Gasteiger partial charge in [0.1, 0.15) is 0 Å². The summed E-state index contributed by atoms with van der Waals surface area (Å²) in [5, 5.41) is 0. The summed E-state index contributed by atoms with van der Waals surface area (Å²) in [4.78, 5) is 0. The van der Waals surface area contributed by atoms with E-state index in [0.29, 0.717) is 11.3 Å². The second-order valence-electron chi connectivity index (χ2n) is 4.51. The summed E-state index contributed by atoms with van der Waals surface area (Å²) >= 11 is 5.80.